The van der Waals surface area contributed by atoms with Gasteiger partial charge >= 0.3 is 0 Å². The van der Waals surface area contributed by atoms with Gasteiger partial charge in [-0.05, 0) is 6.08 Å². The zero-order chi connectivity index (χ0) is 7.56. The van der Waals surface area contributed by atoms with Crippen LogP contribution in [0, 0.1) is 0 Å². The summed E-state index contributed by atoms with van der Waals surface area (Å²) < 4.78 is 1.72. The molecule has 0 saturated heterocycles. The number of hydrogen-bond donors (Lipinski definition) is 0. The zero-order valence-corrected chi connectivity index (χ0v) is 5.74. The lowest BCUT2D eigenvalue weighted by atomic mass is 10.3. The smallest absolute Gasteiger partial charge is 0.205 e. The molecule has 0 fully saturated rings. The summed E-state index contributed by atoms with van der Waals surface area (Å²) >= 11 is 0. The standard InChI is InChI=1S/C7H8N2O/c1-3-7(10)6-4-9(2)5-8-6/h3-5H,1H2,2H3. The minimum atomic E-state index is -0.138. The quantitative estimate of drug-likeness (QED) is 0.445. The zero-order valence-electron chi connectivity index (χ0n) is 5.74. The highest BCUT2D eigenvalue weighted by Crippen LogP contribution is 1.95. The Hall–Kier alpha value is -1.38. The van der Waals surface area contributed by atoms with Crippen LogP contribution in [0.2, 0.25) is 0 Å². The molecule has 3 nitrogen and oxygen atoms in total. The van der Waals surface area contributed by atoms with Crippen LogP contribution in [-0.4, -0.2) is 15.3 Å². The van der Waals surface area contributed by atoms with Crippen molar-refractivity contribution < 1.29 is 4.79 Å². The van der Waals surface area contributed by atoms with E-state index in [1.807, 2.05) is 7.05 Å². The molecule has 0 atom stereocenters. The van der Waals surface area contributed by atoms with Crippen molar-refractivity contribution in [1.82, 2.24) is 9.55 Å². The van der Waals surface area contributed by atoms with Crippen LogP contribution >= 0.6 is 0 Å². The molecule has 10 heavy (non-hydrogen) atoms. The molecule has 0 unspecified atom stereocenters. The summed E-state index contributed by atoms with van der Waals surface area (Å²) in [6, 6.07) is 0. The minimum Gasteiger partial charge on any atom is -0.340 e. The normalized spacial score (nSPS) is 9.30. The molecular weight excluding hydrogens is 128 g/mol. The summed E-state index contributed by atoms with van der Waals surface area (Å²) in [6.07, 6.45) is 4.49. The number of nitrogens with zero attached hydrogens (tertiary/aromatic N) is 2. The molecule has 1 heterocycles. The van der Waals surface area contributed by atoms with Crippen LogP contribution < -0.4 is 0 Å². The molecule has 0 spiro atoms. The third-order valence-corrected chi connectivity index (χ3v) is 1.14. The fourth-order valence-corrected chi connectivity index (χ4v) is 0.645. The van der Waals surface area contributed by atoms with Gasteiger partial charge < -0.3 is 4.57 Å². The Morgan fingerprint density at radius 2 is 2.60 bits per heavy atom. The van der Waals surface area contributed by atoms with E-state index in [9.17, 15) is 4.79 Å². The fourth-order valence-electron chi connectivity index (χ4n) is 0.645. The first-order chi connectivity index (χ1) is 4.74. The summed E-state index contributed by atoms with van der Waals surface area (Å²) in [6.45, 7) is 3.35. The first-order valence-electron chi connectivity index (χ1n) is 2.89. The van der Waals surface area contributed by atoms with Crippen LogP contribution in [0.3, 0.4) is 0 Å². The summed E-state index contributed by atoms with van der Waals surface area (Å²) in [5.41, 5.74) is 0.442. The predicted molar refractivity (Wildman–Crippen MR) is 37.7 cm³/mol. The summed E-state index contributed by atoms with van der Waals surface area (Å²) in [7, 11) is 1.81. The highest BCUT2D eigenvalue weighted by Gasteiger charge is 2.01. The molecule has 0 aliphatic carbocycles. The number of carbonyl (C=O) groups excluding carboxylic acids is 1. The number of allylic oxidation sites excluding steroid dienone is 1. The maximum absolute atomic E-state index is 10.8. The number of aryl methyl sites for hydroxylation is 1. The number of carbonyl (C=O) groups is 1. The van der Waals surface area contributed by atoms with Gasteiger partial charge in [-0.2, -0.15) is 0 Å². The molecule has 0 aliphatic rings. The van der Waals surface area contributed by atoms with Crippen LogP contribution in [0.5, 0.6) is 0 Å². The lowest BCUT2D eigenvalue weighted by Crippen LogP contribution is -1.92. The monoisotopic (exact) mass is 136 g/mol. The van der Waals surface area contributed by atoms with Crippen molar-refractivity contribution in [2.75, 3.05) is 0 Å². The van der Waals surface area contributed by atoms with Crippen molar-refractivity contribution in [1.29, 1.82) is 0 Å². The molecule has 0 N–H and O–H groups in total. The molecular formula is C7H8N2O. The van der Waals surface area contributed by atoms with E-state index in [1.165, 1.54) is 6.08 Å². The highest BCUT2D eigenvalue weighted by molar-refractivity contribution is 6.02. The maximum atomic E-state index is 10.8. The Morgan fingerprint density at radius 1 is 1.90 bits per heavy atom. The SMILES string of the molecule is C=CC(=O)c1cn(C)cn1. The van der Waals surface area contributed by atoms with Gasteiger partial charge in [0.25, 0.3) is 0 Å². The average molecular weight is 136 g/mol. The minimum absolute atomic E-state index is 0.138. The Labute approximate surface area is 59.0 Å². The van der Waals surface area contributed by atoms with Crippen LogP contribution in [0.15, 0.2) is 25.2 Å². The summed E-state index contributed by atoms with van der Waals surface area (Å²) in [5.74, 6) is -0.138. The van der Waals surface area contributed by atoms with Crippen molar-refractivity contribution in [3.63, 3.8) is 0 Å². The van der Waals surface area contributed by atoms with Gasteiger partial charge in [-0.25, -0.2) is 4.98 Å². The molecule has 0 amide bonds. The van der Waals surface area contributed by atoms with E-state index in [1.54, 1.807) is 17.1 Å². The van der Waals surface area contributed by atoms with Crippen LogP contribution in [0.1, 0.15) is 10.5 Å². The van der Waals surface area contributed by atoms with Crippen LogP contribution in [0.25, 0.3) is 0 Å². The number of hydrogen-bond acceptors (Lipinski definition) is 2. The fraction of sp³-hybridized carbons (Fsp3) is 0.143. The van der Waals surface area contributed by atoms with Crippen LogP contribution in [-0.2, 0) is 7.05 Å². The molecule has 52 valence electrons. The molecule has 3 heteroatoms. The topological polar surface area (TPSA) is 34.9 Å². The highest BCUT2D eigenvalue weighted by atomic mass is 16.1. The third kappa shape index (κ3) is 1.13. The second-order valence-electron chi connectivity index (χ2n) is 1.99. The van der Waals surface area contributed by atoms with Gasteiger partial charge in [0.1, 0.15) is 5.69 Å². The second-order valence-corrected chi connectivity index (χ2v) is 1.99. The van der Waals surface area contributed by atoms with E-state index in [0.717, 1.165) is 0 Å². The van der Waals surface area contributed by atoms with E-state index in [0.29, 0.717) is 5.69 Å². The molecule has 0 radical (unpaired) electrons. The summed E-state index contributed by atoms with van der Waals surface area (Å²) in [5, 5.41) is 0. The Balaban J connectivity index is 2.95. The average Bonchev–Trinajstić information content (AvgIpc) is 2.34. The van der Waals surface area contributed by atoms with Crippen LogP contribution in [0.4, 0.5) is 0 Å². The number of imidazole rings is 1. The van der Waals surface area contributed by atoms with Gasteiger partial charge in [-0.3, -0.25) is 4.79 Å². The Morgan fingerprint density at radius 3 is 3.00 bits per heavy atom. The van der Waals surface area contributed by atoms with Gasteiger partial charge in [-0.15, -0.1) is 0 Å². The molecule has 1 aromatic rings. The van der Waals surface area contributed by atoms with Gasteiger partial charge in [0.2, 0.25) is 5.78 Å². The van der Waals surface area contributed by atoms with Crippen molar-refractivity contribution in [3.8, 4) is 0 Å². The number of aromatic nitrogens is 2. The van der Waals surface area contributed by atoms with Crippen molar-refractivity contribution in [3.05, 3.63) is 30.9 Å². The van der Waals surface area contributed by atoms with Crippen molar-refractivity contribution in [2.45, 2.75) is 0 Å². The first kappa shape index (κ1) is 6.74. The summed E-state index contributed by atoms with van der Waals surface area (Å²) in [4.78, 5) is 14.7. The van der Waals surface area contributed by atoms with E-state index in [-0.39, 0.29) is 5.78 Å². The number of rotatable bonds is 2. The number of ketones is 1. The maximum Gasteiger partial charge on any atom is 0.205 e. The molecule has 0 saturated carbocycles. The van der Waals surface area contributed by atoms with E-state index in [4.69, 9.17) is 0 Å². The molecule has 0 aromatic carbocycles. The van der Waals surface area contributed by atoms with E-state index >= 15 is 0 Å². The Bertz CT molecular complexity index is 262. The van der Waals surface area contributed by atoms with Crippen molar-refractivity contribution in [2.24, 2.45) is 7.05 Å². The van der Waals surface area contributed by atoms with Gasteiger partial charge in [0.15, 0.2) is 0 Å². The third-order valence-electron chi connectivity index (χ3n) is 1.14. The molecule has 0 aliphatic heterocycles. The first-order valence-corrected chi connectivity index (χ1v) is 2.89. The molecule has 1 rings (SSSR count). The van der Waals surface area contributed by atoms with E-state index < -0.39 is 0 Å². The second kappa shape index (κ2) is 2.47. The van der Waals surface area contributed by atoms with E-state index in [2.05, 4.69) is 11.6 Å². The van der Waals surface area contributed by atoms with Gasteiger partial charge in [0.05, 0.1) is 6.33 Å². The predicted octanol–water partition coefficient (Wildman–Crippen LogP) is 0.789. The molecule has 1 aromatic heterocycles. The van der Waals surface area contributed by atoms with Gasteiger partial charge in [0, 0.05) is 13.2 Å². The van der Waals surface area contributed by atoms with Gasteiger partial charge in [-0.1, -0.05) is 6.58 Å². The lowest BCUT2D eigenvalue weighted by Gasteiger charge is -1.83. The van der Waals surface area contributed by atoms with Crippen molar-refractivity contribution >= 4 is 5.78 Å². The molecule has 0 bridgehead atoms. The lowest BCUT2D eigenvalue weighted by molar-refractivity contribution is 0.104. The Kier molecular flexibility index (Phi) is 1.67. The largest absolute Gasteiger partial charge is 0.340 e.